The van der Waals surface area contributed by atoms with Gasteiger partial charge in [0.05, 0.1) is 30.2 Å². The summed E-state index contributed by atoms with van der Waals surface area (Å²) in [6.07, 6.45) is 11.1. The molecule has 12 unspecified atom stereocenters. The number of ketones is 1. The summed E-state index contributed by atoms with van der Waals surface area (Å²) in [7, 11) is 0. The van der Waals surface area contributed by atoms with Crippen molar-refractivity contribution in [2.75, 3.05) is 31.2 Å². The Morgan fingerprint density at radius 2 is 1.66 bits per heavy atom. The molecule has 1 aliphatic heterocycles. The van der Waals surface area contributed by atoms with Crippen molar-refractivity contribution < 1.29 is 33.4 Å². The molecule has 2 N–H and O–H groups in total. The van der Waals surface area contributed by atoms with Crippen LogP contribution in [0.3, 0.4) is 0 Å². The second-order valence-corrected chi connectivity index (χ2v) is 21.1. The van der Waals surface area contributed by atoms with Crippen molar-refractivity contribution in [2.45, 2.75) is 137 Å². The third kappa shape index (κ3) is 6.97. The van der Waals surface area contributed by atoms with Gasteiger partial charge in [-0.1, -0.05) is 41.5 Å². The SMILES string of the molecule is CC(C)C1=C2C3CCC4C(C)(CCC5C(C)C(OC(=O)C6CC(C=O)C6C)CCC54C)C3CCC2(NC(=O)C(C)(C)NC(=O)c2ccc(N3CCOCC3)nc2)CC1=O. The van der Waals surface area contributed by atoms with E-state index in [4.69, 9.17) is 9.47 Å². The van der Waals surface area contributed by atoms with Crippen molar-refractivity contribution in [3.63, 3.8) is 0 Å². The smallest absolute Gasteiger partial charge is 0.309 e. The lowest BCUT2D eigenvalue weighted by atomic mass is 9.38. The molecule has 5 saturated carbocycles. The number of fused-ring (bicyclic) bond motifs is 7. The van der Waals surface area contributed by atoms with Crippen LogP contribution in [0.2, 0.25) is 0 Å². The van der Waals surface area contributed by atoms with Gasteiger partial charge in [0.25, 0.3) is 5.91 Å². The van der Waals surface area contributed by atoms with E-state index in [2.05, 4.69) is 55.1 Å². The molecule has 6 fully saturated rings. The first-order valence-corrected chi connectivity index (χ1v) is 22.8. The zero-order valence-electron chi connectivity index (χ0n) is 36.7. The molecule has 1 aromatic rings. The van der Waals surface area contributed by atoms with E-state index in [0.717, 1.165) is 75.7 Å². The van der Waals surface area contributed by atoms with E-state index >= 15 is 0 Å². The van der Waals surface area contributed by atoms with Crippen LogP contribution in [0.25, 0.3) is 0 Å². The maximum atomic E-state index is 14.4. The Bertz CT molecular complexity index is 1890. The largest absolute Gasteiger partial charge is 0.462 e. The molecule has 0 bridgehead atoms. The summed E-state index contributed by atoms with van der Waals surface area (Å²) >= 11 is 0. The molecule has 59 heavy (non-hydrogen) atoms. The number of aldehydes is 1. The summed E-state index contributed by atoms with van der Waals surface area (Å²) < 4.78 is 11.7. The monoisotopic (exact) mass is 813 g/mol. The Labute approximate surface area is 351 Å². The minimum absolute atomic E-state index is 0.0328. The van der Waals surface area contributed by atoms with Crippen LogP contribution in [0.1, 0.15) is 130 Å². The standard InChI is InChI=1S/C48H68N4O7/c1-27(2)40-36(54)24-48(51-44(57)45(5,6)50-42(55)30-9-12-39(49-25-30)52-19-21-58-22-20-52)18-14-35-32(41(40)48)10-11-38-46(7)17-15-37(29(4)34(46)13-16-47(35,38)8)59-43(56)33-23-31(26-53)28(33)3/h9,12,25-29,31-35,37-38H,10-11,13-24H2,1-8H3,(H,50,55)(H,51,57). The number of morpholine rings is 1. The molecule has 11 heteroatoms. The number of anilines is 1. The maximum Gasteiger partial charge on any atom is 0.309 e. The molecule has 322 valence electrons. The van der Waals surface area contributed by atoms with Gasteiger partial charge < -0.3 is 29.8 Å². The van der Waals surface area contributed by atoms with Gasteiger partial charge in [0, 0.05) is 31.6 Å². The number of allylic oxidation sites excluding steroid dienone is 1. The molecule has 12 atom stereocenters. The van der Waals surface area contributed by atoms with Crippen molar-refractivity contribution in [2.24, 2.45) is 64.1 Å². The number of ether oxygens (including phenoxy) is 2. The van der Waals surface area contributed by atoms with Crippen LogP contribution in [0.5, 0.6) is 0 Å². The number of esters is 1. The summed E-state index contributed by atoms with van der Waals surface area (Å²) in [5, 5.41) is 6.44. The van der Waals surface area contributed by atoms with Crippen LogP contribution in [0.15, 0.2) is 29.5 Å². The average molecular weight is 813 g/mol. The fraction of sp³-hybridized carbons (Fsp3) is 0.750. The Kier molecular flexibility index (Phi) is 11.0. The van der Waals surface area contributed by atoms with Gasteiger partial charge in [-0.2, -0.15) is 0 Å². The number of amides is 2. The van der Waals surface area contributed by atoms with Crippen molar-refractivity contribution in [3.8, 4) is 0 Å². The molecule has 0 spiro atoms. The number of aromatic nitrogens is 1. The van der Waals surface area contributed by atoms with E-state index < -0.39 is 11.1 Å². The molecular formula is C48H68N4O7. The highest BCUT2D eigenvalue weighted by Crippen LogP contribution is 2.70. The number of nitrogens with one attached hydrogen (secondary N) is 2. The van der Waals surface area contributed by atoms with Crippen molar-refractivity contribution in [1.29, 1.82) is 0 Å². The van der Waals surface area contributed by atoms with E-state index in [9.17, 15) is 24.0 Å². The van der Waals surface area contributed by atoms with Crippen LogP contribution in [0, 0.1) is 64.1 Å². The lowest BCUT2D eigenvalue weighted by molar-refractivity contribution is -0.195. The number of carbonyl (C=O) groups excluding carboxylic acids is 5. The number of rotatable bonds is 9. The quantitative estimate of drug-likeness (QED) is 0.202. The molecule has 6 aliphatic carbocycles. The Balaban J connectivity index is 0.977. The fourth-order valence-corrected chi connectivity index (χ4v) is 14.0. The molecule has 0 aromatic carbocycles. The topological polar surface area (TPSA) is 144 Å². The van der Waals surface area contributed by atoms with E-state index in [0.29, 0.717) is 49.4 Å². The third-order valence-corrected chi connectivity index (χ3v) is 17.4. The van der Waals surface area contributed by atoms with Gasteiger partial charge in [0.2, 0.25) is 5.91 Å². The predicted octanol–water partition coefficient (Wildman–Crippen LogP) is 6.88. The van der Waals surface area contributed by atoms with Crippen LogP contribution < -0.4 is 15.5 Å². The molecule has 2 heterocycles. The summed E-state index contributed by atoms with van der Waals surface area (Å²) in [6, 6.07) is 3.59. The maximum absolute atomic E-state index is 14.4. The van der Waals surface area contributed by atoms with Gasteiger partial charge >= 0.3 is 5.97 Å². The van der Waals surface area contributed by atoms with Gasteiger partial charge in [0.1, 0.15) is 23.7 Å². The fourth-order valence-electron chi connectivity index (χ4n) is 14.0. The highest BCUT2D eigenvalue weighted by Gasteiger charge is 2.65. The number of pyridine rings is 1. The van der Waals surface area contributed by atoms with Gasteiger partial charge in [-0.15, -0.1) is 0 Å². The lowest BCUT2D eigenvalue weighted by Gasteiger charge is -2.67. The number of Topliss-reactive ketones (excluding diaryl/α,β-unsaturated/α-hetero) is 1. The number of carbonyl (C=O) groups is 5. The second kappa shape index (κ2) is 15.4. The first-order valence-electron chi connectivity index (χ1n) is 22.8. The first kappa shape index (κ1) is 42.1. The predicted molar refractivity (Wildman–Crippen MR) is 224 cm³/mol. The van der Waals surface area contributed by atoms with Gasteiger partial charge in [-0.3, -0.25) is 19.2 Å². The van der Waals surface area contributed by atoms with E-state index in [-0.39, 0.29) is 82.4 Å². The number of hydrogen-bond acceptors (Lipinski definition) is 9. The Hall–Kier alpha value is -3.60. The molecule has 0 radical (unpaired) electrons. The van der Waals surface area contributed by atoms with Crippen LogP contribution in [-0.4, -0.2) is 78.3 Å². The summed E-state index contributed by atoms with van der Waals surface area (Å²) in [5.74, 6) is 1.91. The Morgan fingerprint density at radius 1 is 0.966 bits per heavy atom. The van der Waals surface area contributed by atoms with Gasteiger partial charge in [0.15, 0.2) is 5.78 Å². The normalized spacial score (nSPS) is 39.2. The Morgan fingerprint density at radius 3 is 2.32 bits per heavy atom. The van der Waals surface area contributed by atoms with Crippen LogP contribution in [-0.2, 0) is 28.7 Å². The second-order valence-electron chi connectivity index (χ2n) is 21.1. The van der Waals surface area contributed by atoms with Gasteiger partial charge in [-0.25, -0.2) is 4.98 Å². The molecule has 7 aliphatic rings. The first-order chi connectivity index (χ1) is 27.9. The minimum atomic E-state index is -1.24. The molecule has 8 rings (SSSR count). The summed E-state index contributed by atoms with van der Waals surface area (Å²) in [5.41, 5.74) is 0.665. The molecule has 1 saturated heterocycles. The average Bonchev–Trinajstić information content (AvgIpc) is 3.50. The molecule has 11 nitrogen and oxygen atoms in total. The van der Waals surface area contributed by atoms with Gasteiger partial charge in [-0.05, 0) is 147 Å². The van der Waals surface area contributed by atoms with E-state index in [1.165, 1.54) is 5.57 Å². The molecule has 2 amide bonds. The van der Waals surface area contributed by atoms with E-state index in [1.54, 1.807) is 26.1 Å². The highest BCUT2D eigenvalue weighted by atomic mass is 16.5. The zero-order chi connectivity index (χ0) is 42.2. The molecular weight excluding hydrogens is 745 g/mol. The van der Waals surface area contributed by atoms with Crippen molar-refractivity contribution in [3.05, 3.63) is 35.0 Å². The lowest BCUT2D eigenvalue weighted by Crippen LogP contribution is -2.65. The summed E-state index contributed by atoms with van der Waals surface area (Å²) in [4.78, 5) is 73.4. The van der Waals surface area contributed by atoms with Crippen molar-refractivity contribution in [1.82, 2.24) is 15.6 Å². The third-order valence-electron chi connectivity index (χ3n) is 17.4. The zero-order valence-corrected chi connectivity index (χ0v) is 36.7. The van der Waals surface area contributed by atoms with Crippen LogP contribution >= 0.6 is 0 Å². The van der Waals surface area contributed by atoms with Crippen molar-refractivity contribution >= 4 is 35.7 Å². The van der Waals surface area contributed by atoms with Crippen LogP contribution in [0.4, 0.5) is 5.82 Å². The number of nitrogens with zero attached hydrogens (tertiary/aromatic N) is 2. The minimum Gasteiger partial charge on any atom is -0.462 e. The number of hydrogen-bond donors (Lipinski definition) is 2. The van der Waals surface area contributed by atoms with E-state index in [1.807, 2.05) is 13.0 Å². The highest BCUT2D eigenvalue weighted by molar-refractivity contribution is 6.03. The summed E-state index contributed by atoms with van der Waals surface area (Å²) in [6.45, 7) is 19.8. The molecule has 1 aromatic heterocycles.